The number of H-pyrrole nitrogens is 5. The summed E-state index contributed by atoms with van der Waals surface area (Å²) in [4.78, 5) is 44.2. The minimum atomic E-state index is 0.695. The van der Waals surface area contributed by atoms with E-state index in [1.165, 1.54) is 5.56 Å². The highest BCUT2D eigenvalue weighted by Crippen LogP contribution is 2.37. The topological polar surface area (TPSA) is 410 Å². The fourth-order valence-electron chi connectivity index (χ4n) is 15.2. The highest BCUT2D eigenvalue weighted by molar-refractivity contribution is 6.02. The molecule has 18 aromatic heterocycles. The van der Waals surface area contributed by atoms with E-state index in [-0.39, 0.29) is 0 Å². The van der Waals surface area contributed by atoms with Crippen molar-refractivity contribution < 1.29 is 0 Å². The molecule has 0 radical (unpaired) electrons. The van der Waals surface area contributed by atoms with Crippen LogP contribution in [0.25, 0.3) is 138 Å². The quantitative estimate of drug-likeness (QED) is 0.0379. The number of hydrogen-bond acceptors (Lipinski definition) is 25. The zero-order chi connectivity index (χ0) is 86.9. The van der Waals surface area contributed by atoms with E-state index in [1.54, 1.807) is 54.3 Å². The van der Waals surface area contributed by atoms with Crippen LogP contribution in [0, 0.1) is 6.92 Å². The maximum absolute atomic E-state index is 4.60. The average molecular weight is 1690 g/mol. The number of anilines is 13. The molecule has 24 aromatic rings. The first-order chi connectivity index (χ1) is 63.6. The first-order valence-corrected chi connectivity index (χ1v) is 41.4. The molecule has 33 nitrogen and oxygen atoms in total. The van der Waals surface area contributed by atoms with Gasteiger partial charge in [0.1, 0.15) is 39.5 Å². The average Bonchev–Trinajstić information content (AvgIpc) is 1.52. The Morgan fingerprint density at radius 3 is 1.22 bits per heavy atom. The molecule has 0 saturated carbocycles. The van der Waals surface area contributed by atoms with Crippen molar-refractivity contribution in [3.8, 4) is 28.6 Å². The third kappa shape index (κ3) is 16.9. The number of benzene rings is 6. The SMILES string of the molecule is CCNc1nccc2cc(Nc3n[nH]c4cccnc34)ccc12.CCn1nccc1-c1nccc2cc(Nc3[nH]nc4ncccc34)ccc12.Cc1ccc(Nc2nccc3cc(Nc4n[nH]c5cccnc45)ccc23)cc1.Cn1nccc1-c1nccc2cc(Nc3n[nH]c4cccnc34)ccc12.c1cnc2c(Nc3ccc4c(-n5cccn5)nccc4c3)n[nH]c2c1. The van der Waals surface area contributed by atoms with Crippen LogP contribution in [-0.2, 0) is 13.6 Å². The van der Waals surface area contributed by atoms with E-state index in [4.69, 9.17) is 0 Å². The van der Waals surface area contributed by atoms with Crippen molar-refractivity contribution in [1.29, 1.82) is 0 Å². The normalized spacial score (nSPS) is 11.2. The smallest absolute Gasteiger partial charge is 0.183 e. The lowest BCUT2D eigenvalue weighted by atomic mass is 10.1. The molecule has 0 amide bonds. The lowest BCUT2D eigenvalue weighted by Crippen LogP contribution is -2.00. The Labute approximate surface area is 733 Å². The lowest BCUT2D eigenvalue weighted by Gasteiger charge is -2.10. The van der Waals surface area contributed by atoms with Gasteiger partial charge in [-0.3, -0.25) is 64.8 Å². The number of aryl methyl sites for hydroxylation is 3. The van der Waals surface area contributed by atoms with Crippen LogP contribution in [0.15, 0.2) is 311 Å². The number of hydrogen-bond donors (Lipinski definition) is 12. The van der Waals surface area contributed by atoms with Gasteiger partial charge >= 0.3 is 0 Å². The Kier molecular flexibility index (Phi) is 21.9. The Balaban J connectivity index is 0.000000101. The summed E-state index contributed by atoms with van der Waals surface area (Å²) in [7, 11) is 1.92. The van der Waals surface area contributed by atoms with Crippen LogP contribution >= 0.6 is 0 Å². The van der Waals surface area contributed by atoms with Crippen molar-refractivity contribution in [2.45, 2.75) is 27.3 Å². The second-order valence-corrected chi connectivity index (χ2v) is 29.8. The second kappa shape index (κ2) is 35.6. The van der Waals surface area contributed by atoms with Crippen LogP contribution in [0.2, 0.25) is 0 Å². The van der Waals surface area contributed by atoms with Crippen LogP contribution in [0.1, 0.15) is 19.4 Å². The number of aromatic nitrogens is 26. The Bertz CT molecular complexity index is 8100. The molecule has 33 heteroatoms. The molecular formula is C96H79N33. The van der Waals surface area contributed by atoms with Gasteiger partial charge in [0.05, 0.1) is 50.2 Å². The van der Waals surface area contributed by atoms with Crippen LogP contribution in [0.4, 0.5) is 74.8 Å². The fourth-order valence-corrected chi connectivity index (χ4v) is 15.2. The first kappa shape index (κ1) is 79.2. The molecule has 0 bridgehead atoms. The van der Waals surface area contributed by atoms with Gasteiger partial charge in [-0.15, -0.1) is 0 Å². The van der Waals surface area contributed by atoms with Gasteiger partial charge in [-0.1, -0.05) is 29.8 Å². The summed E-state index contributed by atoms with van der Waals surface area (Å²) in [5, 5.41) is 84.5. The van der Waals surface area contributed by atoms with Crippen molar-refractivity contribution in [2.75, 3.05) is 43.8 Å². The van der Waals surface area contributed by atoms with E-state index in [0.29, 0.717) is 23.1 Å². The highest BCUT2D eigenvalue weighted by atomic mass is 15.3. The summed E-state index contributed by atoms with van der Waals surface area (Å²) < 4.78 is 5.55. The fraction of sp³-hybridized carbons (Fsp3) is 0.0625. The maximum atomic E-state index is 4.60. The van der Waals surface area contributed by atoms with Gasteiger partial charge in [0.15, 0.2) is 34.7 Å². The van der Waals surface area contributed by atoms with Gasteiger partial charge in [0.2, 0.25) is 0 Å². The predicted molar refractivity (Wildman–Crippen MR) is 509 cm³/mol. The molecule has 0 aliphatic rings. The number of aromatic amines is 5. The molecule has 12 N–H and O–H groups in total. The van der Waals surface area contributed by atoms with Crippen molar-refractivity contribution in [3.05, 3.63) is 317 Å². The van der Waals surface area contributed by atoms with E-state index >= 15 is 0 Å². The number of fused-ring (bicyclic) bond motifs is 10. The molecule has 0 aliphatic carbocycles. The Hall–Kier alpha value is -18.3. The molecule has 0 saturated heterocycles. The molecule has 0 atom stereocenters. The minimum absolute atomic E-state index is 0.695. The van der Waals surface area contributed by atoms with Crippen molar-refractivity contribution in [3.63, 3.8) is 0 Å². The van der Waals surface area contributed by atoms with E-state index < -0.39 is 0 Å². The molecule has 0 unspecified atom stereocenters. The van der Waals surface area contributed by atoms with Crippen LogP contribution in [0.5, 0.6) is 0 Å². The molecule has 6 aromatic carbocycles. The minimum Gasteiger partial charge on any atom is -0.370 e. The Morgan fingerprint density at radius 2 is 0.721 bits per heavy atom. The molecule has 0 fully saturated rings. The second-order valence-electron chi connectivity index (χ2n) is 29.8. The van der Waals surface area contributed by atoms with Gasteiger partial charge in [-0.25, -0.2) is 24.6 Å². The van der Waals surface area contributed by atoms with Crippen LogP contribution in [-0.4, -0.2) is 137 Å². The summed E-state index contributed by atoms with van der Waals surface area (Å²) in [5.41, 5.74) is 18.5. The molecular weight excluding hydrogens is 1620 g/mol. The van der Waals surface area contributed by atoms with Gasteiger partial charge in [0.25, 0.3) is 0 Å². The number of rotatable bonds is 18. The third-order valence-corrected chi connectivity index (χ3v) is 21.4. The zero-order valence-electron chi connectivity index (χ0n) is 69.8. The molecule has 18 heterocycles. The maximum Gasteiger partial charge on any atom is 0.183 e. The molecule has 628 valence electrons. The monoisotopic (exact) mass is 1690 g/mol. The molecule has 129 heavy (non-hydrogen) atoms. The van der Waals surface area contributed by atoms with Gasteiger partial charge in [-0.05, 0) is 248 Å². The predicted octanol–water partition coefficient (Wildman–Crippen LogP) is 20.2. The summed E-state index contributed by atoms with van der Waals surface area (Å²) in [6, 6.07) is 74.2. The van der Waals surface area contributed by atoms with E-state index in [1.807, 2.05) is 199 Å². The number of pyridine rings is 10. The van der Waals surface area contributed by atoms with Gasteiger partial charge < -0.3 is 37.2 Å². The largest absolute Gasteiger partial charge is 0.370 e. The van der Waals surface area contributed by atoms with Gasteiger partial charge in [0, 0.05) is 168 Å². The van der Waals surface area contributed by atoms with E-state index in [2.05, 4.69) is 253 Å². The van der Waals surface area contributed by atoms with Gasteiger partial charge in [-0.2, -0.15) is 40.8 Å². The summed E-state index contributed by atoms with van der Waals surface area (Å²) in [6.45, 7) is 7.87. The highest BCUT2D eigenvalue weighted by Gasteiger charge is 2.18. The van der Waals surface area contributed by atoms with E-state index in [0.717, 1.165) is 202 Å². The summed E-state index contributed by atoms with van der Waals surface area (Å²) in [6.07, 6.45) is 25.1. The zero-order valence-corrected chi connectivity index (χ0v) is 69.8. The van der Waals surface area contributed by atoms with Crippen molar-refractivity contribution in [2.24, 2.45) is 7.05 Å². The first-order valence-electron chi connectivity index (χ1n) is 41.4. The van der Waals surface area contributed by atoms with E-state index in [9.17, 15) is 0 Å². The lowest BCUT2D eigenvalue weighted by molar-refractivity contribution is 0.666. The Morgan fingerprint density at radius 1 is 0.302 bits per heavy atom. The van der Waals surface area contributed by atoms with Crippen LogP contribution < -0.4 is 37.2 Å². The van der Waals surface area contributed by atoms with Crippen molar-refractivity contribution in [1.82, 2.24) is 130 Å². The standard InChI is InChI=1S/C22H18N6.C20H17N7.C19H15N7.C18H13N7.C17H16N6/c1-14-4-6-16(7-5-14)25-21-18-9-8-17(13-15(18)10-12-24-21)26-22-20-19(27-28-22)3-2-11-23-20;1-2-27-17(8-11-23-27)18-15-6-5-14(12-13(15)7-10-21-18)24-20-16-4-3-9-22-19(16)25-26-20;1-26-16(7-10-22-26)17-14-5-4-13(11-12(14)6-9-21-17)23-19-18-15(24-25-19)3-2-8-20-18;1-3-15-16(19-7-1)17(24-23-15)22-13-4-5-14-12(11-13)6-9-20-18(14)25-10-2-8-21-25;1-2-18-16-13-6-5-12(10-11(13)7-9-20-16)21-17-15-14(22-23-17)4-3-8-19-15/h2-13H,1H3,(H,24,25)(H2,26,27,28);3-12H,2H2,1H3,(H2,22,24,25,26);2-11H,1H3,(H2,23,24,25);1-11H,(H2,22,23,24);3-10H,2H2,1H3,(H,18,20)(H2,21,22,23). The van der Waals surface area contributed by atoms with Crippen LogP contribution in [0.3, 0.4) is 0 Å². The number of nitrogens with one attached hydrogen (secondary N) is 12. The summed E-state index contributed by atoms with van der Waals surface area (Å²) in [5.74, 6) is 6.22. The number of nitrogens with zero attached hydrogens (tertiary/aromatic N) is 21. The third-order valence-electron chi connectivity index (χ3n) is 21.4. The molecule has 0 aliphatic heterocycles. The van der Waals surface area contributed by atoms with Crippen molar-refractivity contribution >= 4 is 184 Å². The summed E-state index contributed by atoms with van der Waals surface area (Å²) >= 11 is 0. The molecule has 0 spiro atoms. The molecule has 24 rings (SSSR count).